The van der Waals surface area contributed by atoms with E-state index in [0.29, 0.717) is 37.9 Å². The average molecular weight is 489 g/mol. The lowest BCUT2D eigenvalue weighted by Gasteiger charge is -2.29. The van der Waals surface area contributed by atoms with Crippen LogP contribution in [0.2, 0.25) is 0 Å². The number of ketones is 1. The molecule has 0 N–H and O–H groups in total. The van der Waals surface area contributed by atoms with Crippen molar-refractivity contribution in [3.63, 3.8) is 0 Å². The van der Waals surface area contributed by atoms with Gasteiger partial charge in [0.05, 0.1) is 18.7 Å². The number of imidazole rings is 1. The summed E-state index contributed by atoms with van der Waals surface area (Å²) in [4.78, 5) is 45.4. The Hall–Kier alpha value is -2.48. The summed E-state index contributed by atoms with van der Waals surface area (Å²) in [6, 6.07) is 0.379. The summed E-state index contributed by atoms with van der Waals surface area (Å²) in [5, 5.41) is 0. The Morgan fingerprint density at radius 3 is 2.51 bits per heavy atom. The fraction of sp³-hybridized carbons (Fsp3) is 0.704. The molecule has 0 aliphatic carbocycles. The monoisotopic (exact) mass is 488 g/mol. The van der Waals surface area contributed by atoms with Crippen LogP contribution >= 0.6 is 0 Å². The van der Waals surface area contributed by atoms with Crippen LogP contribution in [0.4, 0.5) is 0 Å². The van der Waals surface area contributed by atoms with E-state index in [1.165, 1.54) is 6.92 Å². The predicted octanol–water partition coefficient (Wildman–Crippen LogP) is 4.23. The number of carbonyl (C=O) groups excluding carboxylic acids is 3. The molecule has 0 spiro atoms. The lowest BCUT2D eigenvalue weighted by molar-refractivity contribution is -0.160. The van der Waals surface area contributed by atoms with Crippen LogP contribution in [-0.2, 0) is 27.4 Å². The van der Waals surface area contributed by atoms with E-state index in [1.54, 1.807) is 17.2 Å². The Labute approximate surface area is 210 Å². The molecule has 1 aliphatic heterocycles. The fourth-order valence-electron chi connectivity index (χ4n) is 4.29. The van der Waals surface area contributed by atoms with Crippen molar-refractivity contribution in [1.82, 2.24) is 19.4 Å². The summed E-state index contributed by atoms with van der Waals surface area (Å²) >= 11 is 0. The Morgan fingerprint density at radius 1 is 1.20 bits per heavy atom. The minimum absolute atomic E-state index is 0.00934. The number of ether oxygens (including phenoxy) is 1. The molecular formula is C27H44N4O4. The molecule has 8 heteroatoms. The topological polar surface area (TPSA) is 84.7 Å². The van der Waals surface area contributed by atoms with Crippen LogP contribution in [0.15, 0.2) is 18.3 Å². The first-order valence-corrected chi connectivity index (χ1v) is 12.9. The van der Waals surface area contributed by atoms with Gasteiger partial charge < -0.3 is 14.2 Å². The molecule has 2 heterocycles. The molecule has 2 rings (SSSR count). The van der Waals surface area contributed by atoms with Crippen molar-refractivity contribution in [2.24, 2.45) is 5.92 Å². The lowest BCUT2D eigenvalue weighted by Crippen LogP contribution is -2.38. The summed E-state index contributed by atoms with van der Waals surface area (Å²) < 4.78 is 7.48. The Balaban J connectivity index is 1.88. The molecule has 0 saturated carbocycles. The second-order valence-electron chi connectivity index (χ2n) is 10.5. The molecule has 1 aromatic heterocycles. The van der Waals surface area contributed by atoms with Gasteiger partial charge in [-0.3, -0.25) is 19.3 Å². The largest absolute Gasteiger partial charge is 0.460 e. The smallest absolute Gasteiger partial charge is 0.309 e. The van der Waals surface area contributed by atoms with Gasteiger partial charge in [0.2, 0.25) is 5.91 Å². The predicted molar refractivity (Wildman–Crippen MR) is 137 cm³/mol. The van der Waals surface area contributed by atoms with Crippen molar-refractivity contribution in [3.05, 3.63) is 29.9 Å². The maximum atomic E-state index is 12.8. The van der Waals surface area contributed by atoms with E-state index >= 15 is 0 Å². The van der Waals surface area contributed by atoms with E-state index < -0.39 is 5.60 Å². The van der Waals surface area contributed by atoms with Gasteiger partial charge in [0.25, 0.3) is 0 Å². The first-order chi connectivity index (χ1) is 16.5. The highest BCUT2D eigenvalue weighted by Crippen LogP contribution is 2.19. The molecule has 196 valence electrons. The third kappa shape index (κ3) is 8.60. The van der Waals surface area contributed by atoms with Crippen LogP contribution in [0.1, 0.15) is 90.5 Å². The van der Waals surface area contributed by atoms with Gasteiger partial charge in [0.1, 0.15) is 17.1 Å². The standard InChI is InChI=1S/C27H44N4O4/c1-8-20(3)29(14-10-12-22(9-2)26(34)35-27(5,6)7)15-11-13-25(33)30-16-17-31-23(21(4)32)18-28-24(31)19-30/h11,13,18,20,22H,8-10,12,14-17,19H2,1-7H3/b13-11+. The number of carbonyl (C=O) groups is 3. The minimum atomic E-state index is -0.464. The van der Waals surface area contributed by atoms with Gasteiger partial charge in [0.15, 0.2) is 5.78 Å². The number of esters is 1. The van der Waals surface area contributed by atoms with Gasteiger partial charge >= 0.3 is 5.97 Å². The Morgan fingerprint density at radius 2 is 1.91 bits per heavy atom. The van der Waals surface area contributed by atoms with E-state index in [1.807, 2.05) is 38.3 Å². The summed E-state index contributed by atoms with van der Waals surface area (Å²) in [6.45, 7) is 16.7. The molecule has 1 aromatic rings. The van der Waals surface area contributed by atoms with Crippen molar-refractivity contribution in [3.8, 4) is 0 Å². The molecule has 0 saturated heterocycles. The van der Waals surface area contributed by atoms with Gasteiger partial charge in [-0.15, -0.1) is 0 Å². The molecule has 1 aliphatic rings. The van der Waals surface area contributed by atoms with E-state index in [0.717, 1.165) is 38.1 Å². The van der Waals surface area contributed by atoms with Crippen molar-refractivity contribution in [2.75, 3.05) is 19.6 Å². The summed E-state index contributed by atoms with van der Waals surface area (Å²) in [7, 11) is 0. The van der Waals surface area contributed by atoms with Gasteiger partial charge in [0, 0.05) is 38.7 Å². The maximum absolute atomic E-state index is 12.8. The lowest BCUT2D eigenvalue weighted by atomic mass is 9.99. The molecule has 8 nitrogen and oxygen atoms in total. The number of hydrogen-bond donors (Lipinski definition) is 0. The van der Waals surface area contributed by atoms with E-state index in [4.69, 9.17) is 4.74 Å². The molecule has 0 bridgehead atoms. The Kier molecular flexibility index (Phi) is 10.7. The molecule has 1 amide bonds. The van der Waals surface area contributed by atoms with Crippen LogP contribution in [0.25, 0.3) is 0 Å². The zero-order chi connectivity index (χ0) is 26.2. The SMILES string of the molecule is CCC(CCCN(C/C=C/C(=O)N1CCn2c(C(C)=O)cnc2C1)C(C)CC)C(=O)OC(C)(C)C. The number of fused-ring (bicyclic) bond motifs is 1. The first kappa shape index (κ1) is 28.8. The number of aromatic nitrogens is 2. The Bertz CT molecular complexity index is 899. The molecule has 2 unspecified atom stereocenters. The van der Waals surface area contributed by atoms with Crippen LogP contribution < -0.4 is 0 Å². The van der Waals surface area contributed by atoms with Gasteiger partial charge in [-0.2, -0.15) is 0 Å². The fourth-order valence-corrected chi connectivity index (χ4v) is 4.29. The second kappa shape index (κ2) is 13.0. The summed E-state index contributed by atoms with van der Waals surface area (Å²) in [6.07, 6.45) is 8.66. The molecule has 0 radical (unpaired) electrons. The molecular weight excluding hydrogens is 444 g/mol. The third-order valence-electron chi connectivity index (χ3n) is 6.58. The van der Waals surface area contributed by atoms with Crippen molar-refractivity contribution < 1.29 is 19.1 Å². The quantitative estimate of drug-likeness (QED) is 0.249. The van der Waals surface area contributed by atoms with Crippen LogP contribution in [0, 0.1) is 5.92 Å². The molecule has 2 atom stereocenters. The second-order valence-corrected chi connectivity index (χ2v) is 10.5. The van der Waals surface area contributed by atoms with Crippen molar-refractivity contribution in [2.45, 2.75) is 98.9 Å². The molecule has 0 aromatic carbocycles. The maximum Gasteiger partial charge on any atom is 0.309 e. The highest BCUT2D eigenvalue weighted by atomic mass is 16.6. The zero-order valence-corrected chi connectivity index (χ0v) is 22.7. The average Bonchev–Trinajstić information content (AvgIpc) is 3.22. The van der Waals surface area contributed by atoms with Crippen LogP contribution in [0.3, 0.4) is 0 Å². The molecule has 35 heavy (non-hydrogen) atoms. The van der Waals surface area contributed by atoms with Crippen LogP contribution in [0.5, 0.6) is 0 Å². The van der Waals surface area contributed by atoms with E-state index in [2.05, 4.69) is 23.7 Å². The number of amides is 1. The van der Waals surface area contributed by atoms with E-state index in [9.17, 15) is 14.4 Å². The minimum Gasteiger partial charge on any atom is -0.460 e. The summed E-state index contributed by atoms with van der Waals surface area (Å²) in [5.41, 5.74) is 0.136. The van der Waals surface area contributed by atoms with Crippen molar-refractivity contribution in [1.29, 1.82) is 0 Å². The van der Waals surface area contributed by atoms with Gasteiger partial charge in [-0.25, -0.2) is 4.98 Å². The normalized spacial score (nSPS) is 15.8. The highest BCUT2D eigenvalue weighted by molar-refractivity contribution is 5.92. The third-order valence-corrected chi connectivity index (χ3v) is 6.58. The van der Waals surface area contributed by atoms with Gasteiger partial charge in [-0.05, 0) is 59.9 Å². The first-order valence-electron chi connectivity index (χ1n) is 12.9. The van der Waals surface area contributed by atoms with Gasteiger partial charge in [-0.1, -0.05) is 19.9 Å². The number of hydrogen-bond acceptors (Lipinski definition) is 6. The van der Waals surface area contributed by atoms with Crippen LogP contribution in [-0.4, -0.2) is 68.3 Å². The number of nitrogens with zero attached hydrogens (tertiary/aromatic N) is 4. The van der Waals surface area contributed by atoms with E-state index in [-0.39, 0.29) is 23.6 Å². The highest BCUT2D eigenvalue weighted by Gasteiger charge is 2.25. The number of rotatable bonds is 12. The molecule has 0 fully saturated rings. The summed E-state index contributed by atoms with van der Waals surface area (Å²) in [5.74, 6) is 0.506. The van der Waals surface area contributed by atoms with Crippen molar-refractivity contribution >= 4 is 17.7 Å². The number of Topliss-reactive ketones (excluding diaryl/α,β-unsaturated/α-hetero) is 1. The zero-order valence-electron chi connectivity index (χ0n) is 22.7.